The van der Waals surface area contributed by atoms with Crippen LogP contribution in [0.5, 0.6) is 0 Å². The molecule has 10 heteroatoms. The zero-order valence-corrected chi connectivity index (χ0v) is 19.1. The second-order valence-corrected chi connectivity index (χ2v) is 9.10. The van der Waals surface area contributed by atoms with Crippen LogP contribution < -0.4 is 10.6 Å². The Bertz CT molecular complexity index is 1420. The van der Waals surface area contributed by atoms with Crippen LogP contribution >= 0.6 is 0 Å². The van der Waals surface area contributed by atoms with Crippen LogP contribution in [-0.2, 0) is 17.8 Å². The first-order valence-corrected chi connectivity index (χ1v) is 11.8. The number of piperidine rings is 1. The number of nitrogens with two attached hydrogens (primary N) is 1. The summed E-state index contributed by atoms with van der Waals surface area (Å²) in [5.41, 5.74) is 10.8. The maximum absolute atomic E-state index is 13.7. The predicted molar refractivity (Wildman–Crippen MR) is 129 cm³/mol. The number of nitrogens with zero attached hydrogens (tertiary/aromatic N) is 7. The second-order valence-electron chi connectivity index (χ2n) is 9.10. The van der Waals surface area contributed by atoms with E-state index in [4.69, 9.17) is 10.7 Å². The fourth-order valence-corrected chi connectivity index (χ4v) is 4.93. The molecule has 1 fully saturated rings. The van der Waals surface area contributed by atoms with E-state index in [0.717, 1.165) is 48.1 Å². The summed E-state index contributed by atoms with van der Waals surface area (Å²) in [7, 11) is 0. The molecular weight excluding hydrogens is 447 g/mol. The summed E-state index contributed by atoms with van der Waals surface area (Å²) >= 11 is 0. The van der Waals surface area contributed by atoms with Gasteiger partial charge >= 0.3 is 0 Å². The largest absolute Gasteiger partial charge is 0.340 e. The highest BCUT2D eigenvalue weighted by Gasteiger charge is 2.25. The zero-order valence-electron chi connectivity index (χ0n) is 19.1. The van der Waals surface area contributed by atoms with Crippen molar-refractivity contribution in [2.75, 3.05) is 24.5 Å². The molecule has 0 aliphatic carbocycles. The third-order valence-electron chi connectivity index (χ3n) is 6.69. The summed E-state index contributed by atoms with van der Waals surface area (Å²) in [5.74, 6) is 0.462. The van der Waals surface area contributed by atoms with Gasteiger partial charge in [-0.15, -0.1) is 0 Å². The fourth-order valence-electron chi connectivity index (χ4n) is 4.93. The molecule has 5 heterocycles. The van der Waals surface area contributed by atoms with Crippen molar-refractivity contribution in [2.45, 2.75) is 31.8 Å². The number of carbonyl (C=O) groups is 1. The van der Waals surface area contributed by atoms with Gasteiger partial charge in [-0.3, -0.25) is 9.48 Å². The van der Waals surface area contributed by atoms with Gasteiger partial charge in [0.15, 0.2) is 5.82 Å². The number of hydrogen-bond donors (Lipinski definition) is 1. The van der Waals surface area contributed by atoms with Crippen molar-refractivity contribution in [3.8, 4) is 11.3 Å². The maximum Gasteiger partial charge on any atom is 0.244 e. The van der Waals surface area contributed by atoms with E-state index in [1.54, 1.807) is 23.0 Å². The molecule has 6 rings (SSSR count). The van der Waals surface area contributed by atoms with Crippen molar-refractivity contribution < 1.29 is 9.18 Å². The number of amides is 1. The molecule has 2 N–H and O–H groups in total. The van der Waals surface area contributed by atoms with Crippen molar-refractivity contribution in [3.05, 3.63) is 60.4 Å². The van der Waals surface area contributed by atoms with Gasteiger partial charge in [-0.2, -0.15) is 5.10 Å². The van der Waals surface area contributed by atoms with Crippen LogP contribution in [0.25, 0.3) is 22.3 Å². The van der Waals surface area contributed by atoms with E-state index in [2.05, 4.69) is 20.0 Å². The van der Waals surface area contributed by atoms with Crippen molar-refractivity contribution in [3.63, 3.8) is 0 Å². The Balaban J connectivity index is 1.28. The number of benzene rings is 1. The maximum atomic E-state index is 13.7. The number of fused-ring (bicyclic) bond motifs is 2. The van der Waals surface area contributed by atoms with E-state index in [-0.39, 0.29) is 24.3 Å². The summed E-state index contributed by atoms with van der Waals surface area (Å²) in [4.78, 5) is 30.3. The molecule has 0 unspecified atom stereocenters. The highest BCUT2D eigenvalue weighted by molar-refractivity contribution is 5.90. The van der Waals surface area contributed by atoms with E-state index < -0.39 is 0 Å². The molecule has 1 aromatic carbocycles. The molecule has 0 spiro atoms. The van der Waals surface area contributed by atoms with Crippen molar-refractivity contribution in [1.29, 1.82) is 0 Å². The third kappa shape index (κ3) is 4.10. The Morgan fingerprint density at radius 3 is 2.97 bits per heavy atom. The topological polar surface area (TPSA) is 106 Å². The Hall–Kier alpha value is -3.92. The Morgan fingerprint density at radius 1 is 1.17 bits per heavy atom. The highest BCUT2D eigenvalue weighted by Crippen LogP contribution is 2.36. The van der Waals surface area contributed by atoms with Crippen LogP contribution in [0.4, 0.5) is 15.9 Å². The van der Waals surface area contributed by atoms with Gasteiger partial charge < -0.3 is 15.5 Å². The summed E-state index contributed by atoms with van der Waals surface area (Å²) in [5, 5.41) is 4.39. The van der Waals surface area contributed by atoms with Gasteiger partial charge in [0.2, 0.25) is 5.91 Å². The van der Waals surface area contributed by atoms with E-state index in [1.807, 2.05) is 23.2 Å². The quantitative estimate of drug-likeness (QED) is 0.487. The number of hydrogen-bond acceptors (Lipinski definition) is 7. The lowest BCUT2D eigenvalue weighted by Crippen LogP contribution is -2.46. The average molecular weight is 473 g/mol. The van der Waals surface area contributed by atoms with Crippen LogP contribution in [0.1, 0.15) is 18.4 Å². The second kappa shape index (κ2) is 8.70. The van der Waals surface area contributed by atoms with Gasteiger partial charge in [-0.05, 0) is 55.2 Å². The molecule has 35 heavy (non-hydrogen) atoms. The lowest BCUT2D eigenvalue weighted by molar-refractivity contribution is -0.133. The van der Waals surface area contributed by atoms with Crippen molar-refractivity contribution >= 4 is 28.4 Å². The Kier molecular flexibility index (Phi) is 5.37. The summed E-state index contributed by atoms with van der Waals surface area (Å²) in [6.45, 7) is 2.18. The highest BCUT2D eigenvalue weighted by atomic mass is 19.1. The molecule has 1 amide bonds. The lowest BCUT2D eigenvalue weighted by atomic mass is 10.1. The van der Waals surface area contributed by atoms with Crippen LogP contribution in [-0.4, -0.2) is 61.2 Å². The van der Waals surface area contributed by atoms with Crippen LogP contribution in [0, 0.1) is 5.82 Å². The van der Waals surface area contributed by atoms with Gasteiger partial charge in [0.1, 0.15) is 24.2 Å². The normalized spacial score (nSPS) is 17.7. The molecule has 1 atom stereocenters. The summed E-state index contributed by atoms with van der Waals surface area (Å²) < 4.78 is 15.3. The molecular formula is C25H25FN8O. The molecule has 0 saturated carbocycles. The molecule has 178 valence electrons. The first-order chi connectivity index (χ1) is 17.0. The molecule has 3 aromatic heterocycles. The zero-order chi connectivity index (χ0) is 23.9. The summed E-state index contributed by atoms with van der Waals surface area (Å²) in [6.07, 6.45) is 7.68. The molecule has 9 nitrogen and oxygen atoms in total. The minimum absolute atomic E-state index is 0.0149. The van der Waals surface area contributed by atoms with Crippen LogP contribution in [0.3, 0.4) is 0 Å². The number of carbonyl (C=O) groups excluding carboxylic acids is 1. The first-order valence-electron chi connectivity index (χ1n) is 11.8. The number of rotatable bonds is 4. The van der Waals surface area contributed by atoms with Gasteiger partial charge in [0.05, 0.1) is 17.4 Å². The smallest absolute Gasteiger partial charge is 0.244 e. The third-order valence-corrected chi connectivity index (χ3v) is 6.69. The van der Waals surface area contributed by atoms with E-state index in [9.17, 15) is 9.18 Å². The molecule has 2 aliphatic heterocycles. The van der Waals surface area contributed by atoms with Crippen LogP contribution in [0.2, 0.25) is 0 Å². The number of aromatic nitrogens is 5. The monoisotopic (exact) mass is 472 g/mol. The lowest BCUT2D eigenvalue weighted by Gasteiger charge is -2.30. The van der Waals surface area contributed by atoms with E-state index in [1.165, 1.54) is 12.4 Å². The molecule has 0 radical (unpaired) electrons. The van der Waals surface area contributed by atoms with Crippen LogP contribution in [0.15, 0.2) is 49.1 Å². The first kappa shape index (κ1) is 21.6. The number of pyridine rings is 1. The number of likely N-dealkylation sites (tertiary alicyclic amines) is 1. The molecule has 2 aliphatic rings. The molecule has 0 bridgehead atoms. The minimum atomic E-state index is -0.239. The van der Waals surface area contributed by atoms with Gasteiger partial charge in [0.25, 0.3) is 0 Å². The Labute approximate surface area is 201 Å². The molecule has 1 saturated heterocycles. The van der Waals surface area contributed by atoms with E-state index >= 15 is 0 Å². The van der Waals surface area contributed by atoms with Gasteiger partial charge in [0, 0.05) is 43.1 Å². The number of anilines is 2. The van der Waals surface area contributed by atoms with Gasteiger partial charge in [-0.1, -0.05) is 0 Å². The van der Waals surface area contributed by atoms with E-state index in [0.29, 0.717) is 30.1 Å². The average Bonchev–Trinajstić information content (AvgIpc) is 3.50. The summed E-state index contributed by atoms with van der Waals surface area (Å²) in [6, 6.07) is 8.66. The minimum Gasteiger partial charge on any atom is -0.340 e. The Morgan fingerprint density at radius 2 is 2.09 bits per heavy atom. The predicted octanol–water partition coefficient (Wildman–Crippen LogP) is 2.67. The molecule has 4 aromatic rings. The van der Waals surface area contributed by atoms with Gasteiger partial charge in [-0.25, -0.2) is 19.3 Å². The van der Waals surface area contributed by atoms with Crippen molar-refractivity contribution in [1.82, 2.24) is 29.6 Å². The SMILES string of the molecule is N[C@@H]1CCCN(C(=O)Cn2cc(-c3ccc4ncnc(N5CCc6cc(F)ccc65)c4n3)cn2)C1. The number of halogens is 1. The van der Waals surface area contributed by atoms with Crippen molar-refractivity contribution in [2.24, 2.45) is 5.73 Å². The standard InChI is InChI=1S/C25H25FN8O/c26-18-3-6-22-16(10-18)7-9-34(22)25-24-21(28-15-29-25)5-4-20(31-24)17-11-30-33(12-17)14-23(35)32-8-1-2-19(27)13-32/h3-6,10-12,15,19H,1-2,7-9,13-14,27H2/t19-/m1/s1. The fraction of sp³-hybridized carbons (Fsp3) is 0.320.